The zero-order valence-electron chi connectivity index (χ0n) is 17.8. The molecule has 0 fully saturated rings. The van der Waals surface area contributed by atoms with Crippen LogP contribution in [0.15, 0.2) is 72.0 Å². The van der Waals surface area contributed by atoms with Gasteiger partial charge in [-0.2, -0.15) is 5.10 Å². The monoisotopic (exact) mass is 472 g/mol. The highest BCUT2D eigenvalue weighted by atomic mass is 19.3. The second kappa shape index (κ2) is 9.60. The normalized spacial score (nSPS) is 14.5. The molecule has 1 aliphatic heterocycles. The van der Waals surface area contributed by atoms with Crippen molar-refractivity contribution in [3.8, 4) is 0 Å². The summed E-state index contributed by atoms with van der Waals surface area (Å²) in [7, 11) is 0. The van der Waals surface area contributed by atoms with E-state index in [9.17, 15) is 22.4 Å². The molecule has 1 amide bonds. The Morgan fingerprint density at radius 1 is 1.15 bits per heavy atom. The molecule has 0 unspecified atom stereocenters. The second-order valence-electron chi connectivity index (χ2n) is 7.71. The molecular formula is C24H20F4N4O2. The van der Waals surface area contributed by atoms with Crippen LogP contribution in [-0.2, 0) is 6.54 Å². The number of halogens is 4. The number of alkyl halides is 2. The van der Waals surface area contributed by atoms with Gasteiger partial charge in [0, 0.05) is 18.0 Å². The zero-order valence-corrected chi connectivity index (χ0v) is 17.8. The van der Waals surface area contributed by atoms with Gasteiger partial charge in [-0.15, -0.1) is 0 Å². The van der Waals surface area contributed by atoms with Crippen LogP contribution < -0.4 is 5.32 Å². The number of aliphatic imine (C=N–C) groups is 1. The van der Waals surface area contributed by atoms with E-state index in [2.05, 4.69) is 15.4 Å². The summed E-state index contributed by atoms with van der Waals surface area (Å²) >= 11 is 0. The minimum absolute atomic E-state index is 0.137. The predicted molar refractivity (Wildman–Crippen MR) is 118 cm³/mol. The molecule has 6 nitrogen and oxygen atoms in total. The van der Waals surface area contributed by atoms with Crippen LogP contribution in [0.4, 0.5) is 17.6 Å². The highest BCUT2D eigenvalue weighted by Gasteiger charge is 2.41. The first-order valence-electron chi connectivity index (χ1n) is 10.4. The number of allylic oxidation sites excluding steroid dienone is 1. The summed E-state index contributed by atoms with van der Waals surface area (Å²) in [4.78, 5) is 17.3. The van der Waals surface area contributed by atoms with Crippen LogP contribution in [-0.4, -0.2) is 51.6 Å². The topological polar surface area (TPSA) is 79.5 Å². The average molecular weight is 472 g/mol. The largest absolute Gasteiger partial charge is 0.390 e. The Balaban J connectivity index is 1.63. The number of hydrogen-bond donors (Lipinski definition) is 2. The highest BCUT2D eigenvalue weighted by molar-refractivity contribution is 6.19. The lowest BCUT2D eigenvalue weighted by Crippen LogP contribution is -2.52. The molecule has 3 aromatic rings. The van der Waals surface area contributed by atoms with Crippen molar-refractivity contribution in [3.05, 3.63) is 95.3 Å². The maximum absolute atomic E-state index is 14.8. The molecule has 1 aliphatic rings. The van der Waals surface area contributed by atoms with Gasteiger partial charge in [0.2, 0.25) is 0 Å². The van der Waals surface area contributed by atoms with Crippen molar-refractivity contribution in [3.63, 3.8) is 0 Å². The van der Waals surface area contributed by atoms with Crippen molar-refractivity contribution in [1.82, 2.24) is 15.1 Å². The van der Waals surface area contributed by atoms with Crippen molar-refractivity contribution >= 4 is 17.2 Å². The number of aliphatic hydroxyl groups excluding tert-OH is 1. The SMILES string of the molecule is O=C(N[C@H](Cn1cccn1)C(F)(F)CO)c1cccc(F)c1C1=NCC(c2ccc(F)cc2)=C1. The number of amides is 1. The number of carbonyl (C=O) groups is 1. The molecule has 0 saturated heterocycles. The molecule has 2 aromatic carbocycles. The Hall–Kier alpha value is -3.79. The lowest BCUT2D eigenvalue weighted by Gasteiger charge is -2.26. The Morgan fingerprint density at radius 2 is 1.91 bits per heavy atom. The standard InChI is InChI=1S/C24H20F4N4O2/c25-17-7-5-15(6-8-17)16-11-20(29-12-16)22-18(3-1-4-19(22)26)23(34)31-21(24(27,28)14-33)13-32-10-2-9-30-32/h1-11,21,33H,12-14H2,(H,31,34)/t21-/m1/s1. The summed E-state index contributed by atoms with van der Waals surface area (Å²) in [6.07, 6.45) is 4.41. The van der Waals surface area contributed by atoms with Gasteiger partial charge in [0.1, 0.15) is 24.3 Å². The number of carbonyl (C=O) groups excluding carboxylic acids is 1. The van der Waals surface area contributed by atoms with Crippen LogP contribution in [0.25, 0.3) is 5.57 Å². The van der Waals surface area contributed by atoms with Gasteiger partial charge in [0.05, 0.1) is 24.4 Å². The smallest absolute Gasteiger partial charge is 0.292 e. The molecule has 0 spiro atoms. The van der Waals surface area contributed by atoms with Gasteiger partial charge in [-0.1, -0.05) is 18.2 Å². The van der Waals surface area contributed by atoms with Gasteiger partial charge in [0.25, 0.3) is 11.8 Å². The summed E-state index contributed by atoms with van der Waals surface area (Å²) in [6, 6.07) is 9.16. The molecule has 4 rings (SSSR count). The van der Waals surface area contributed by atoms with Gasteiger partial charge in [-0.3, -0.25) is 14.5 Å². The Bertz CT molecular complexity index is 1240. The third-order valence-electron chi connectivity index (χ3n) is 5.41. The molecule has 0 aliphatic carbocycles. The van der Waals surface area contributed by atoms with E-state index in [4.69, 9.17) is 5.11 Å². The summed E-state index contributed by atoms with van der Waals surface area (Å²) < 4.78 is 58.1. The second-order valence-corrected chi connectivity index (χ2v) is 7.71. The van der Waals surface area contributed by atoms with Crippen LogP contribution >= 0.6 is 0 Å². The van der Waals surface area contributed by atoms with Gasteiger partial charge in [-0.25, -0.2) is 17.6 Å². The number of aromatic nitrogens is 2. The lowest BCUT2D eigenvalue weighted by atomic mass is 9.99. The fourth-order valence-electron chi connectivity index (χ4n) is 3.62. The molecule has 0 bridgehead atoms. The molecule has 0 saturated carbocycles. The fourth-order valence-corrected chi connectivity index (χ4v) is 3.62. The lowest BCUT2D eigenvalue weighted by molar-refractivity contribution is -0.0815. The molecule has 2 N–H and O–H groups in total. The van der Waals surface area contributed by atoms with E-state index in [1.807, 2.05) is 0 Å². The van der Waals surface area contributed by atoms with E-state index in [0.29, 0.717) is 11.1 Å². The van der Waals surface area contributed by atoms with Crippen molar-refractivity contribution in [2.45, 2.75) is 18.5 Å². The zero-order chi connectivity index (χ0) is 24.3. The van der Waals surface area contributed by atoms with Crippen LogP contribution in [0.2, 0.25) is 0 Å². The first-order chi connectivity index (χ1) is 16.3. The van der Waals surface area contributed by atoms with Crippen molar-refractivity contribution in [2.24, 2.45) is 4.99 Å². The van der Waals surface area contributed by atoms with Crippen LogP contribution in [0.1, 0.15) is 21.5 Å². The highest BCUT2D eigenvalue weighted by Crippen LogP contribution is 2.26. The van der Waals surface area contributed by atoms with Crippen molar-refractivity contribution in [1.29, 1.82) is 0 Å². The van der Waals surface area contributed by atoms with E-state index >= 15 is 0 Å². The first kappa shape index (κ1) is 23.4. The van der Waals surface area contributed by atoms with E-state index in [1.165, 1.54) is 47.4 Å². The number of aliphatic hydroxyl groups is 1. The number of nitrogens with one attached hydrogen (secondary N) is 1. The molecule has 1 atom stereocenters. The van der Waals surface area contributed by atoms with Crippen molar-refractivity contribution in [2.75, 3.05) is 13.2 Å². The van der Waals surface area contributed by atoms with Gasteiger partial charge >= 0.3 is 0 Å². The van der Waals surface area contributed by atoms with E-state index in [1.54, 1.807) is 18.2 Å². The molecular weight excluding hydrogens is 452 g/mol. The van der Waals surface area contributed by atoms with Crippen molar-refractivity contribution < 1.29 is 27.5 Å². The van der Waals surface area contributed by atoms with Gasteiger partial charge in [0.15, 0.2) is 0 Å². The predicted octanol–water partition coefficient (Wildman–Crippen LogP) is 3.47. The summed E-state index contributed by atoms with van der Waals surface area (Å²) in [5.74, 6) is -5.76. The maximum atomic E-state index is 14.8. The number of benzene rings is 2. The Morgan fingerprint density at radius 3 is 2.59 bits per heavy atom. The van der Waals surface area contributed by atoms with E-state index < -0.39 is 42.7 Å². The third-order valence-corrected chi connectivity index (χ3v) is 5.41. The number of rotatable bonds is 8. The average Bonchev–Trinajstić information content (AvgIpc) is 3.51. The molecule has 10 heteroatoms. The van der Waals surface area contributed by atoms with Gasteiger partial charge in [-0.05, 0) is 47.5 Å². The van der Waals surface area contributed by atoms with E-state index in [-0.39, 0.29) is 23.4 Å². The minimum atomic E-state index is -3.66. The minimum Gasteiger partial charge on any atom is -0.390 e. The molecule has 176 valence electrons. The Labute approximate surface area is 192 Å². The molecule has 0 radical (unpaired) electrons. The summed E-state index contributed by atoms with van der Waals surface area (Å²) in [5, 5.41) is 15.2. The molecule has 1 aromatic heterocycles. The number of nitrogens with zero attached hydrogens (tertiary/aromatic N) is 3. The van der Waals surface area contributed by atoms with Crippen LogP contribution in [0.5, 0.6) is 0 Å². The maximum Gasteiger partial charge on any atom is 0.292 e. The quantitative estimate of drug-likeness (QED) is 0.493. The van der Waals surface area contributed by atoms with Crippen LogP contribution in [0, 0.1) is 11.6 Å². The van der Waals surface area contributed by atoms with E-state index in [0.717, 1.165) is 6.07 Å². The Kier molecular flexibility index (Phi) is 6.60. The third kappa shape index (κ3) is 4.91. The molecule has 2 heterocycles. The fraction of sp³-hybridized carbons (Fsp3) is 0.208. The summed E-state index contributed by atoms with van der Waals surface area (Å²) in [5.41, 5.74) is 1.22. The number of hydrogen-bond acceptors (Lipinski definition) is 4. The summed E-state index contributed by atoms with van der Waals surface area (Å²) in [6.45, 7) is -1.72. The van der Waals surface area contributed by atoms with Gasteiger partial charge < -0.3 is 10.4 Å². The molecule has 34 heavy (non-hydrogen) atoms. The first-order valence-corrected chi connectivity index (χ1v) is 10.4. The van der Waals surface area contributed by atoms with Crippen LogP contribution in [0.3, 0.4) is 0 Å².